The first kappa shape index (κ1) is 14.2. The van der Waals surface area contributed by atoms with Gasteiger partial charge in [0.1, 0.15) is 0 Å². The first-order valence-electron chi connectivity index (χ1n) is 6.57. The van der Waals surface area contributed by atoms with Gasteiger partial charge in [0, 0.05) is 13.1 Å². The predicted molar refractivity (Wildman–Crippen MR) is 73.5 cm³/mol. The smallest absolute Gasteiger partial charge is 0.257 e. The van der Waals surface area contributed by atoms with Crippen LogP contribution in [-0.2, 0) is 0 Å². The van der Waals surface area contributed by atoms with E-state index in [0.29, 0.717) is 25.9 Å². The maximum atomic E-state index is 12.4. The molecule has 0 radical (unpaired) electrons. The molecule has 0 spiro atoms. The van der Waals surface area contributed by atoms with Crippen LogP contribution in [0.3, 0.4) is 0 Å². The lowest BCUT2D eigenvalue weighted by Gasteiger charge is -2.35. The summed E-state index contributed by atoms with van der Waals surface area (Å²) in [5, 5.41) is 19.1. The number of para-hydroxylation sites is 1. The van der Waals surface area contributed by atoms with E-state index in [-0.39, 0.29) is 28.4 Å². The maximum Gasteiger partial charge on any atom is 0.257 e. The second-order valence-electron chi connectivity index (χ2n) is 5.32. The standard InChI is InChI=1S/C15H18N2O3/c1-15(10-16)6-8-17(9-7-15)14(19)11-4-3-5-12(20-2)13(11)18/h3-5,18H,6-9H2,1-2H3. The van der Waals surface area contributed by atoms with Crippen molar-refractivity contribution >= 4 is 5.91 Å². The highest BCUT2D eigenvalue weighted by molar-refractivity contribution is 5.97. The van der Waals surface area contributed by atoms with Crippen LogP contribution >= 0.6 is 0 Å². The molecule has 0 bridgehead atoms. The fourth-order valence-corrected chi connectivity index (χ4v) is 2.35. The average Bonchev–Trinajstić information content (AvgIpc) is 2.47. The van der Waals surface area contributed by atoms with Crippen molar-refractivity contribution in [2.45, 2.75) is 19.8 Å². The van der Waals surface area contributed by atoms with Gasteiger partial charge in [0.25, 0.3) is 5.91 Å². The number of methoxy groups -OCH3 is 1. The summed E-state index contributed by atoms with van der Waals surface area (Å²) in [4.78, 5) is 14.1. The third-order valence-electron chi connectivity index (χ3n) is 3.87. The molecule has 0 atom stereocenters. The van der Waals surface area contributed by atoms with Gasteiger partial charge in [0.15, 0.2) is 11.5 Å². The highest BCUT2D eigenvalue weighted by Crippen LogP contribution is 2.33. The molecule has 1 fully saturated rings. The van der Waals surface area contributed by atoms with Gasteiger partial charge in [-0.05, 0) is 31.9 Å². The van der Waals surface area contributed by atoms with E-state index in [1.54, 1.807) is 23.1 Å². The van der Waals surface area contributed by atoms with Crippen molar-refractivity contribution in [3.63, 3.8) is 0 Å². The first-order chi connectivity index (χ1) is 9.50. The number of ether oxygens (including phenoxy) is 1. The lowest BCUT2D eigenvalue weighted by molar-refractivity contribution is 0.0658. The van der Waals surface area contributed by atoms with E-state index < -0.39 is 0 Å². The van der Waals surface area contributed by atoms with Gasteiger partial charge in [-0.2, -0.15) is 5.26 Å². The van der Waals surface area contributed by atoms with Crippen LogP contribution in [0.2, 0.25) is 0 Å². The number of nitriles is 1. The fourth-order valence-electron chi connectivity index (χ4n) is 2.35. The maximum absolute atomic E-state index is 12.4. The fraction of sp³-hybridized carbons (Fsp3) is 0.467. The van der Waals surface area contributed by atoms with Crippen LogP contribution in [0.4, 0.5) is 0 Å². The molecule has 0 aromatic heterocycles. The predicted octanol–water partition coefficient (Wildman–Crippen LogP) is 2.17. The van der Waals surface area contributed by atoms with E-state index >= 15 is 0 Å². The molecule has 1 N–H and O–H groups in total. The Balaban J connectivity index is 2.16. The number of carbonyl (C=O) groups is 1. The Kier molecular flexibility index (Phi) is 3.84. The number of phenols is 1. The summed E-state index contributed by atoms with van der Waals surface area (Å²) in [7, 11) is 1.45. The summed E-state index contributed by atoms with van der Waals surface area (Å²) in [6.45, 7) is 2.97. The number of carbonyl (C=O) groups excluding carboxylic acids is 1. The van der Waals surface area contributed by atoms with Gasteiger partial charge in [0.05, 0.1) is 24.2 Å². The van der Waals surface area contributed by atoms with Gasteiger partial charge < -0.3 is 14.7 Å². The van der Waals surface area contributed by atoms with E-state index in [1.807, 2.05) is 6.92 Å². The SMILES string of the molecule is COc1cccc(C(=O)N2CCC(C)(C#N)CC2)c1O. The summed E-state index contributed by atoms with van der Waals surface area (Å²) < 4.78 is 5.01. The Morgan fingerprint density at radius 1 is 1.45 bits per heavy atom. The number of likely N-dealkylation sites (tertiary alicyclic amines) is 1. The second-order valence-corrected chi connectivity index (χ2v) is 5.32. The van der Waals surface area contributed by atoms with Crippen LogP contribution in [0.1, 0.15) is 30.1 Å². The molecule has 1 aromatic carbocycles. The molecule has 1 saturated heterocycles. The Hall–Kier alpha value is -2.22. The van der Waals surface area contributed by atoms with Gasteiger partial charge in [0.2, 0.25) is 0 Å². The normalized spacial score (nSPS) is 17.4. The minimum Gasteiger partial charge on any atom is -0.504 e. The number of piperidine rings is 1. The molecule has 106 valence electrons. The van der Waals surface area contributed by atoms with Crippen molar-refractivity contribution in [2.24, 2.45) is 5.41 Å². The van der Waals surface area contributed by atoms with Crippen molar-refractivity contribution in [1.82, 2.24) is 4.90 Å². The van der Waals surface area contributed by atoms with Crippen LogP contribution < -0.4 is 4.74 Å². The zero-order valence-corrected chi connectivity index (χ0v) is 11.7. The quantitative estimate of drug-likeness (QED) is 0.897. The van der Waals surface area contributed by atoms with Crippen molar-refractivity contribution in [2.75, 3.05) is 20.2 Å². The second kappa shape index (κ2) is 5.41. The van der Waals surface area contributed by atoms with Crippen molar-refractivity contribution in [3.05, 3.63) is 23.8 Å². The van der Waals surface area contributed by atoms with E-state index in [9.17, 15) is 9.90 Å². The zero-order chi connectivity index (χ0) is 14.8. The molecule has 2 rings (SSSR count). The largest absolute Gasteiger partial charge is 0.504 e. The average molecular weight is 274 g/mol. The van der Waals surface area contributed by atoms with Crippen LogP contribution in [-0.4, -0.2) is 36.1 Å². The summed E-state index contributed by atoms with van der Waals surface area (Å²) in [6.07, 6.45) is 1.31. The monoisotopic (exact) mass is 274 g/mol. The molecular formula is C15H18N2O3. The number of aromatic hydroxyl groups is 1. The molecule has 1 aromatic rings. The molecule has 5 nitrogen and oxygen atoms in total. The van der Waals surface area contributed by atoms with Crippen LogP contribution in [0, 0.1) is 16.7 Å². The Morgan fingerprint density at radius 2 is 2.10 bits per heavy atom. The molecule has 1 amide bonds. The summed E-state index contributed by atoms with van der Waals surface area (Å²) >= 11 is 0. The molecule has 20 heavy (non-hydrogen) atoms. The Labute approximate surface area is 118 Å². The number of benzene rings is 1. The number of hydrogen-bond donors (Lipinski definition) is 1. The third kappa shape index (κ3) is 2.55. The molecular weight excluding hydrogens is 256 g/mol. The summed E-state index contributed by atoms with van der Waals surface area (Å²) in [6, 6.07) is 7.17. The number of nitrogens with zero attached hydrogens (tertiary/aromatic N) is 2. The van der Waals surface area contributed by atoms with E-state index in [0.717, 1.165) is 0 Å². The first-order valence-corrected chi connectivity index (χ1v) is 6.57. The molecule has 1 aliphatic heterocycles. The molecule has 5 heteroatoms. The molecule has 1 heterocycles. The van der Waals surface area contributed by atoms with Gasteiger partial charge in [-0.1, -0.05) is 6.07 Å². The van der Waals surface area contributed by atoms with Crippen molar-refractivity contribution in [3.8, 4) is 17.6 Å². The van der Waals surface area contributed by atoms with Crippen molar-refractivity contribution < 1.29 is 14.6 Å². The molecule has 0 saturated carbocycles. The highest BCUT2D eigenvalue weighted by atomic mass is 16.5. The molecule has 1 aliphatic rings. The number of phenolic OH excluding ortho intramolecular Hbond substituents is 1. The van der Waals surface area contributed by atoms with E-state index in [4.69, 9.17) is 10.00 Å². The van der Waals surface area contributed by atoms with E-state index in [1.165, 1.54) is 7.11 Å². The lowest BCUT2D eigenvalue weighted by Crippen LogP contribution is -2.41. The summed E-state index contributed by atoms with van der Waals surface area (Å²) in [5.41, 5.74) is -0.113. The Morgan fingerprint density at radius 3 is 2.65 bits per heavy atom. The van der Waals surface area contributed by atoms with Gasteiger partial charge in [-0.3, -0.25) is 4.79 Å². The molecule has 0 aliphatic carbocycles. The van der Waals surface area contributed by atoms with Gasteiger partial charge in [-0.15, -0.1) is 0 Å². The van der Waals surface area contributed by atoms with Crippen molar-refractivity contribution in [1.29, 1.82) is 5.26 Å². The number of rotatable bonds is 2. The minimum atomic E-state index is -0.354. The highest BCUT2D eigenvalue weighted by Gasteiger charge is 2.32. The molecule has 0 unspecified atom stereocenters. The zero-order valence-electron chi connectivity index (χ0n) is 11.7. The van der Waals surface area contributed by atoms with Crippen LogP contribution in [0.15, 0.2) is 18.2 Å². The van der Waals surface area contributed by atoms with Gasteiger partial charge in [-0.25, -0.2) is 0 Å². The number of amides is 1. The number of hydrogen-bond acceptors (Lipinski definition) is 4. The third-order valence-corrected chi connectivity index (χ3v) is 3.87. The van der Waals surface area contributed by atoms with Crippen LogP contribution in [0.5, 0.6) is 11.5 Å². The topological polar surface area (TPSA) is 73.6 Å². The lowest BCUT2D eigenvalue weighted by atomic mass is 9.82. The Bertz CT molecular complexity index is 555. The van der Waals surface area contributed by atoms with Crippen LogP contribution in [0.25, 0.3) is 0 Å². The van der Waals surface area contributed by atoms with E-state index in [2.05, 4.69) is 6.07 Å². The summed E-state index contributed by atoms with van der Waals surface area (Å²) in [5.74, 6) is -0.0651. The van der Waals surface area contributed by atoms with Gasteiger partial charge >= 0.3 is 0 Å². The minimum absolute atomic E-state index is 0.131.